The van der Waals surface area contributed by atoms with E-state index in [0.29, 0.717) is 37.6 Å². The van der Waals surface area contributed by atoms with Gasteiger partial charge in [-0.3, -0.25) is 9.69 Å². The van der Waals surface area contributed by atoms with Crippen LogP contribution in [0.15, 0.2) is 30.5 Å². The Balaban J connectivity index is 1.40. The molecule has 7 heteroatoms. The van der Waals surface area contributed by atoms with Gasteiger partial charge in [-0.05, 0) is 25.1 Å². The predicted octanol–water partition coefficient (Wildman–Crippen LogP) is 2.21. The SMILES string of the molecule is CCCN1CCn2cc(C(=O)N3CCN(c4ccccc4F)CC3)nc2C1. The van der Waals surface area contributed by atoms with Gasteiger partial charge >= 0.3 is 0 Å². The quantitative estimate of drug-likeness (QED) is 0.827. The van der Waals surface area contributed by atoms with E-state index in [1.165, 1.54) is 6.07 Å². The van der Waals surface area contributed by atoms with E-state index in [1.807, 2.05) is 22.1 Å². The lowest BCUT2D eigenvalue weighted by molar-refractivity contribution is 0.0741. The molecule has 2 aliphatic heterocycles. The Kier molecular flexibility index (Phi) is 5.11. The maximum absolute atomic E-state index is 14.0. The van der Waals surface area contributed by atoms with Gasteiger partial charge < -0.3 is 14.4 Å². The second-order valence-corrected chi connectivity index (χ2v) is 7.24. The summed E-state index contributed by atoms with van der Waals surface area (Å²) in [7, 11) is 0. The van der Waals surface area contributed by atoms with Crippen LogP contribution in [0.1, 0.15) is 29.7 Å². The van der Waals surface area contributed by atoms with E-state index >= 15 is 0 Å². The summed E-state index contributed by atoms with van der Waals surface area (Å²) < 4.78 is 16.1. The fourth-order valence-corrected chi connectivity index (χ4v) is 3.93. The van der Waals surface area contributed by atoms with Crippen LogP contribution in [0.4, 0.5) is 10.1 Å². The molecule has 0 saturated carbocycles. The standard InChI is InChI=1S/C20H26FN5O/c1-2-7-23-8-9-26-14-17(22-19(26)15-23)20(27)25-12-10-24(11-13-25)18-6-4-3-5-16(18)21/h3-6,14H,2,7-13,15H2,1H3. The largest absolute Gasteiger partial charge is 0.366 e. The van der Waals surface area contributed by atoms with Gasteiger partial charge in [0.05, 0.1) is 12.2 Å². The Morgan fingerprint density at radius 2 is 1.89 bits per heavy atom. The van der Waals surface area contributed by atoms with Gasteiger partial charge in [-0.1, -0.05) is 19.1 Å². The van der Waals surface area contributed by atoms with Crippen molar-refractivity contribution < 1.29 is 9.18 Å². The van der Waals surface area contributed by atoms with Crippen molar-refractivity contribution in [3.8, 4) is 0 Å². The highest BCUT2D eigenvalue weighted by Gasteiger charge is 2.27. The summed E-state index contributed by atoms with van der Waals surface area (Å²) in [5.74, 6) is 0.742. The van der Waals surface area contributed by atoms with Gasteiger partial charge in [0.15, 0.2) is 0 Å². The lowest BCUT2D eigenvalue weighted by atomic mass is 10.2. The zero-order valence-electron chi connectivity index (χ0n) is 15.8. The number of carbonyl (C=O) groups excluding carboxylic acids is 1. The predicted molar refractivity (Wildman–Crippen MR) is 102 cm³/mol. The van der Waals surface area contributed by atoms with Crippen LogP contribution in [-0.4, -0.2) is 64.5 Å². The molecule has 1 aromatic carbocycles. The first-order valence-corrected chi connectivity index (χ1v) is 9.73. The zero-order valence-corrected chi connectivity index (χ0v) is 15.8. The van der Waals surface area contributed by atoms with E-state index in [1.54, 1.807) is 12.1 Å². The maximum Gasteiger partial charge on any atom is 0.274 e. The molecule has 0 N–H and O–H groups in total. The number of anilines is 1. The fraction of sp³-hybridized carbons (Fsp3) is 0.500. The molecule has 4 rings (SSSR count). The second kappa shape index (κ2) is 7.68. The molecule has 1 aromatic heterocycles. The Bertz CT molecular complexity index is 812. The van der Waals surface area contributed by atoms with Crippen molar-refractivity contribution in [2.75, 3.05) is 44.2 Å². The first kappa shape index (κ1) is 18.0. The van der Waals surface area contributed by atoms with E-state index in [4.69, 9.17) is 0 Å². The van der Waals surface area contributed by atoms with Crippen LogP contribution < -0.4 is 4.90 Å². The summed E-state index contributed by atoms with van der Waals surface area (Å²) in [6, 6.07) is 6.80. The van der Waals surface area contributed by atoms with Crippen LogP contribution in [0.25, 0.3) is 0 Å². The maximum atomic E-state index is 14.0. The second-order valence-electron chi connectivity index (χ2n) is 7.24. The Labute approximate surface area is 159 Å². The fourth-order valence-electron chi connectivity index (χ4n) is 3.93. The first-order valence-electron chi connectivity index (χ1n) is 9.73. The monoisotopic (exact) mass is 371 g/mol. The number of piperazine rings is 1. The van der Waals surface area contributed by atoms with Gasteiger partial charge in [0.25, 0.3) is 5.91 Å². The highest BCUT2D eigenvalue weighted by atomic mass is 19.1. The molecule has 1 amide bonds. The highest BCUT2D eigenvalue weighted by Crippen LogP contribution is 2.21. The molecule has 1 fully saturated rings. The van der Waals surface area contributed by atoms with E-state index in [-0.39, 0.29) is 11.7 Å². The molecule has 6 nitrogen and oxygen atoms in total. The molecule has 0 aliphatic carbocycles. The van der Waals surface area contributed by atoms with E-state index in [0.717, 1.165) is 38.4 Å². The smallest absolute Gasteiger partial charge is 0.274 e. The van der Waals surface area contributed by atoms with Gasteiger partial charge in [-0.25, -0.2) is 9.37 Å². The average Bonchev–Trinajstić information content (AvgIpc) is 3.12. The molecular formula is C20H26FN5O. The molecule has 0 radical (unpaired) electrons. The molecule has 0 unspecified atom stereocenters. The van der Waals surface area contributed by atoms with Gasteiger partial charge in [0.1, 0.15) is 17.3 Å². The summed E-state index contributed by atoms with van der Waals surface area (Å²) in [4.78, 5) is 23.7. The first-order chi connectivity index (χ1) is 13.2. The van der Waals surface area contributed by atoms with Crippen molar-refractivity contribution in [1.29, 1.82) is 0 Å². The van der Waals surface area contributed by atoms with Gasteiger partial charge in [-0.15, -0.1) is 0 Å². The molecule has 2 aromatic rings. The van der Waals surface area contributed by atoms with Crippen LogP contribution in [0, 0.1) is 5.82 Å². The van der Waals surface area contributed by atoms with Crippen molar-refractivity contribution in [2.45, 2.75) is 26.4 Å². The van der Waals surface area contributed by atoms with Gasteiger partial charge in [0.2, 0.25) is 0 Å². The molecule has 0 bridgehead atoms. The van der Waals surface area contributed by atoms with Crippen molar-refractivity contribution in [1.82, 2.24) is 19.4 Å². The van der Waals surface area contributed by atoms with Crippen molar-refractivity contribution in [3.05, 3.63) is 47.8 Å². The van der Waals surface area contributed by atoms with Crippen LogP contribution in [0.5, 0.6) is 0 Å². The van der Waals surface area contributed by atoms with Crippen molar-refractivity contribution in [2.24, 2.45) is 0 Å². The Morgan fingerprint density at radius 3 is 2.63 bits per heavy atom. The minimum absolute atomic E-state index is 0.0212. The van der Waals surface area contributed by atoms with E-state index < -0.39 is 0 Å². The average molecular weight is 371 g/mol. The summed E-state index contributed by atoms with van der Waals surface area (Å²) >= 11 is 0. The highest BCUT2D eigenvalue weighted by molar-refractivity contribution is 5.92. The number of halogens is 1. The number of benzene rings is 1. The van der Waals surface area contributed by atoms with Crippen molar-refractivity contribution in [3.63, 3.8) is 0 Å². The van der Waals surface area contributed by atoms with Crippen LogP contribution >= 0.6 is 0 Å². The number of rotatable bonds is 4. The number of hydrogen-bond acceptors (Lipinski definition) is 4. The third kappa shape index (κ3) is 3.69. The summed E-state index contributed by atoms with van der Waals surface area (Å²) in [6.45, 7) is 8.36. The zero-order chi connectivity index (χ0) is 18.8. The van der Waals surface area contributed by atoms with Crippen LogP contribution in [0.3, 0.4) is 0 Å². The molecule has 0 atom stereocenters. The molecule has 3 heterocycles. The van der Waals surface area contributed by atoms with Gasteiger partial charge in [-0.2, -0.15) is 0 Å². The number of aromatic nitrogens is 2. The molecular weight excluding hydrogens is 345 g/mol. The Morgan fingerprint density at radius 1 is 1.11 bits per heavy atom. The summed E-state index contributed by atoms with van der Waals surface area (Å²) in [6.07, 6.45) is 3.02. The topological polar surface area (TPSA) is 44.6 Å². The minimum atomic E-state index is -0.212. The third-order valence-electron chi connectivity index (χ3n) is 5.40. The molecule has 27 heavy (non-hydrogen) atoms. The Hall–Kier alpha value is -2.41. The number of hydrogen-bond donors (Lipinski definition) is 0. The number of nitrogens with zero attached hydrogens (tertiary/aromatic N) is 5. The summed E-state index contributed by atoms with van der Waals surface area (Å²) in [5, 5.41) is 0. The van der Waals surface area contributed by atoms with E-state index in [9.17, 15) is 9.18 Å². The molecule has 0 spiro atoms. The van der Waals surface area contributed by atoms with Crippen LogP contribution in [-0.2, 0) is 13.1 Å². The third-order valence-corrected chi connectivity index (χ3v) is 5.40. The normalized spacial score (nSPS) is 17.9. The molecule has 2 aliphatic rings. The van der Waals surface area contributed by atoms with Crippen molar-refractivity contribution >= 4 is 11.6 Å². The lowest BCUT2D eigenvalue weighted by Crippen LogP contribution is -2.49. The molecule has 1 saturated heterocycles. The summed E-state index contributed by atoms with van der Waals surface area (Å²) in [5.41, 5.74) is 1.14. The van der Waals surface area contributed by atoms with E-state index in [2.05, 4.69) is 21.4 Å². The number of imidazole rings is 1. The number of para-hydroxylation sites is 1. The molecule has 144 valence electrons. The van der Waals surface area contributed by atoms with Crippen LogP contribution in [0.2, 0.25) is 0 Å². The number of carbonyl (C=O) groups is 1. The number of amides is 1. The minimum Gasteiger partial charge on any atom is -0.366 e. The lowest BCUT2D eigenvalue weighted by Gasteiger charge is -2.35. The van der Waals surface area contributed by atoms with Gasteiger partial charge in [0, 0.05) is 45.5 Å². The number of fused-ring (bicyclic) bond motifs is 1.